The minimum Gasteiger partial charge on any atom is -0.353 e. The third kappa shape index (κ3) is 3.60. The highest BCUT2D eigenvalue weighted by molar-refractivity contribution is 6.33. The number of H-pyrrole nitrogens is 1. The summed E-state index contributed by atoms with van der Waals surface area (Å²) in [6.07, 6.45) is 10.6. The maximum Gasteiger partial charge on any atom is 0.163 e. The number of pyridine rings is 2. The first kappa shape index (κ1) is 22.4. The summed E-state index contributed by atoms with van der Waals surface area (Å²) in [5.41, 5.74) is 5.88. The molecule has 2 saturated heterocycles. The van der Waals surface area contributed by atoms with E-state index < -0.39 is 0 Å². The van der Waals surface area contributed by atoms with Crippen molar-refractivity contribution in [2.24, 2.45) is 5.92 Å². The monoisotopic (exact) mass is 521 g/mol. The van der Waals surface area contributed by atoms with Crippen LogP contribution in [0.3, 0.4) is 0 Å². The average Bonchev–Trinajstić information content (AvgIpc) is 3.56. The van der Waals surface area contributed by atoms with Gasteiger partial charge >= 0.3 is 0 Å². The average molecular weight is 522 g/mol. The fourth-order valence-electron chi connectivity index (χ4n) is 6.52. The molecule has 0 bridgehead atoms. The summed E-state index contributed by atoms with van der Waals surface area (Å²) in [6.45, 7) is 3.18. The lowest BCUT2D eigenvalue weighted by Gasteiger charge is -2.33. The van der Waals surface area contributed by atoms with Gasteiger partial charge in [0.05, 0.1) is 11.7 Å². The van der Waals surface area contributed by atoms with E-state index in [1.807, 2.05) is 42.7 Å². The smallest absolute Gasteiger partial charge is 0.163 e. The molecule has 1 aliphatic carbocycles. The van der Waals surface area contributed by atoms with Gasteiger partial charge in [-0.05, 0) is 74.4 Å². The second-order valence-corrected chi connectivity index (χ2v) is 11.3. The number of anilines is 1. The molecular formula is C30H28ClN7. The molecule has 6 heterocycles. The summed E-state index contributed by atoms with van der Waals surface area (Å²) in [7, 11) is 0. The molecule has 2 N–H and O–H groups in total. The predicted octanol–water partition coefficient (Wildman–Crippen LogP) is 5.95. The Bertz CT molecular complexity index is 1690. The molecule has 2 aliphatic heterocycles. The van der Waals surface area contributed by atoms with Crippen molar-refractivity contribution in [2.45, 2.75) is 37.6 Å². The first-order valence-electron chi connectivity index (χ1n) is 13.6. The van der Waals surface area contributed by atoms with Crippen LogP contribution < -0.4 is 10.2 Å². The van der Waals surface area contributed by atoms with E-state index in [4.69, 9.17) is 21.6 Å². The number of hydrogen-bond acceptors (Lipinski definition) is 6. The van der Waals surface area contributed by atoms with Gasteiger partial charge < -0.3 is 15.2 Å². The first-order valence-corrected chi connectivity index (χ1v) is 14.0. The predicted molar refractivity (Wildman–Crippen MR) is 152 cm³/mol. The number of piperidine rings is 1. The SMILES string of the molecule is Clc1ccccc1-c1cc2c(-c3nc(N4CC[C@@H]5CNCC[C@@H]54)c4c(C5CC5)cncc4n3)ccnc2[nH]1. The van der Waals surface area contributed by atoms with Gasteiger partial charge in [0.2, 0.25) is 0 Å². The fraction of sp³-hybridized carbons (Fsp3) is 0.333. The summed E-state index contributed by atoms with van der Waals surface area (Å²) in [6, 6.07) is 12.5. The van der Waals surface area contributed by atoms with Crippen molar-refractivity contribution in [3.05, 3.63) is 65.6 Å². The molecule has 3 fully saturated rings. The number of benzene rings is 1. The van der Waals surface area contributed by atoms with Crippen LogP contribution in [0.1, 0.15) is 37.2 Å². The number of fused-ring (bicyclic) bond motifs is 3. The van der Waals surface area contributed by atoms with Crippen molar-refractivity contribution >= 4 is 39.4 Å². The van der Waals surface area contributed by atoms with Crippen LogP contribution in [-0.2, 0) is 0 Å². The topological polar surface area (TPSA) is 82.6 Å². The summed E-state index contributed by atoms with van der Waals surface area (Å²) in [4.78, 5) is 25.8. The molecule has 3 aliphatic rings. The number of aromatic nitrogens is 5. The number of nitrogens with one attached hydrogen (secondary N) is 2. The Balaban J connectivity index is 1.33. The Kier molecular flexibility index (Phi) is 5.17. The number of aromatic amines is 1. The molecular weight excluding hydrogens is 494 g/mol. The number of hydrogen-bond donors (Lipinski definition) is 2. The Morgan fingerprint density at radius 3 is 2.79 bits per heavy atom. The Labute approximate surface area is 225 Å². The molecule has 7 nitrogen and oxygen atoms in total. The lowest BCUT2D eigenvalue weighted by molar-refractivity contribution is 0.360. The number of nitrogens with zero attached hydrogens (tertiary/aromatic N) is 5. The summed E-state index contributed by atoms with van der Waals surface area (Å²) in [5, 5.41) is 6.48. The van der Waals surface area contributed by atoms with E-state index in [9.17, 15) is 0 Å². The highest BCUT2D eigenvalue weighted by Gasteiger charge is 2.38. The van der Waals surface area contributed by atoms with E-state index in [2.05, 4.69) is 37.4 Å². The van der Waals surface area contributed by atoms with E-state index in [0.29, 0.717) is 22.9 Å². The molecule has 8 heteroatoms. The van der Waals surface area contributed by atoms with Crippen LogP contribution in [0.4, 0.5) is 5.82 Å². The normalized spacial score (nSPS) is 21.3. The van der Waals surface area contributed by atoms with Gasteiger partial charge in [-0.2, -0.15) is 0 Å². The standard InChI is InChI=1S/C30H28ClN7/c31-23-4-2-1-3-20(23)24-13-21-19(7-11-34-28(21)35-24)29-36-25-16-33-15-22(17-5-6-17)27(25)30(37-29)38-12-9-18-14-32-10-8-26(18)38/h1-4,7,11,13,15-18,26,32H,5-6,8-10,12,14H2,(H,34,35)/t18-,26+/m1/s1. The first-order chi connectivity index (χ1) is 18.7. The van der Waals surface area contributed by atoms with Crippen LogP contribution in [-0.4, -0.2) is 50.6 Å². The van der Waals surface area contributed by atoms with Gasteiger partial charge in [0.1, 0.15) is 11.5 Å². The zero-order valence-corrected chi connectivity index (χ0v) is 21.7. The van der Waals surface area contributed by atoms with Crippen molar-refractivity contribution in [3.63, 3.8) is 0 Å². The van der Waals surface area contributed by atoms with Crippen molar-refractivity contribution in [1.29, 1.82) is 0 Å². The quantitative estimate of drug-likeness (QED) is 0.304. The summed E-state index contributed by atoms with van der Waals surface area (Å²) < 4.78 is 0. The van der Waals surface area contributed by atoms with Crippen LogP contribution in [0.15, 0.2) is 55.0 Å². The van der Waals surface area contributed by atoms with Gasteiger partial charge in [0.25, 0.3) is 0 Å². The van der Waals surface area contributed by atoms with Crippen molar-refractivity contribution < 1.29 is 0 Å². The van der Waals surface area contributed by atoms with Crippen molar-refractivity contribution in [2.75, 3.05) is 24.5 Å². The maximum atomic E-state index is 6.52. The lowest BCUT2D eigenvalue weighted by atomic mass is 9.94. The second-order valence-electron chi connectivity index (χ2n) is 10.9. The second kappa shape index (κ2) is 8.75. The van der Waals surface area contributed by atoms with Gasteiger partial charge in [0, 0.05) is 57.6 Å². The highest BCUT2D eigenvalue weighted by atomic mass is 35.5. The number of rotatable bonds is 4. The van der Waals surface area contributed by atoms with Gasteiger partial charge in [-0.25, -0.2) is 15.0 Å². The van der Waals surface area contributed by atoms with Crippen LogP contribution in [0.5, 0.6) is 0 Å². The van der Waals surface area contributed by atoms with Crippen LogP contribution in [0.25, 0.3) is 44.6 Å². The lowest BCUT2D eigenvalue weighted by Crippen LogP contribution is -2.44. The molecule has 1 aromatic carbocycles. The molecule has 0 spiro atoms. The third-order valence-corrected chi connectivity index (χ3v) is 8.88. The van der Waals surface area contributed by atoms with Crippen molar-refractivity contribution in [3.8, 4) is 22.6 Å². The molecule has 8 rings (SSSR count). The van der Waals surface area contributed by atoms with Gasteiger partial charge in [0.15, 0.2) is 5.82 Å². The molecule has 0 unspecified atom stereocenters. The van der Waals surface area contributed by atoms with Gasteiger partial charge in [-0.1, -0.05) is 29.8 Å². The molecule has 38 heavy (non-hydrogen) atoms. The van der Waals surface area contributed by atoms with E-state index in [-0.39, 0.29) is 0 Å². The molecule has 5 aromatic rings. The molecule has 2 atom stereocenters. The van der Waals surface area contributed by atoms with E-state index in [0.717, 1.165) is 71.1 Å². The summed E-state index contributed by atoms with van der Waals surface area (Å²) >= 11 is 6.52. The van der Waals surface area contributed by atoms with E-state index in [1.165, 1.54) is 30.2 Å². The minimum atomic E-state index is 0.513. The molecule has 0 amide bonds. The van der Waals surface area contributed by atoms with Gasteiger partial charge in [-0.3, -0.25) is 4.98 Å². The van der Waals surface area contributed by atoms with Crippen molar-refractivity contribution in [1.82, 2.24) is 30.2 Å². The van der Waals surface area contributed by atoms with E-state index in [1.54, 1.807) is 0 Å². The molecule has 1 saturated carbocycles. The third-order valence-electron chi connectivity index (χ3n) is 8.55. The van der Waals surface area contributed by atoms with Crippen LogP contribution >= 0.6 is 11.6 Å². The molecule has 4 aromatic heterocycles. The number of halogens is 1. The minimum absolute atomic E-state index is 0.513. The van der Waals surface area contributed by atoms with E-state index >= 15 is 0 Å². The fourth-order valence-corrected chi connectivity index (χ4v) is 6.75. The highest BCUT2D eigenvalue weighted by Crippen LogP contribution is 2.46. The maximum absolute atomic E-state index is 6.52. The Morgan fingerprint density at radius 2 is 1.89 bits per heavy atom. The van der Waals surface area contributed by atoms with Crippen LogP contribution in [0.2, 0.25) is 5.02 Å². The summed E-state index contributed by atoms with van der Waals surface area (Å²) in [5.74, 6) is 3.03. The van der Waals surface area contributed by atoms with Gasteiger partial charge in [-0.15, -0.1) is 0 Å². The van der Waals surface area contributed by atoms with Crippen LogP contribution in [0, 0.1) is 5.92 Å². The molecule has 190 valence electrons. The Hall–Kier alpha value is -3.55. The largest absolute Gasteiger partial charge is 0.353 e. The Morgan fingerprint density at radius 1 is 0.974 bits per heavy atom. The zero-order valence-electron chi connectivity index (χ0n) is 21.0. The zero-order chi connectivity index (χ0) is 25.2. The molecule has 0 radical (unpaired) electrons.